The molecule has 0 aliphatic heterocycles. The number of nitrogens with zero attached hydrogens (tertiary/aromatic N) is 3. The van der Waals surface area contributed by atoms with Gasteiger partial charge >= 0.3 is 11.7 Å². The highest BCUT2D eigenvalue weighted by molar-refractivity contribution is 5.89. The molecule has 0 spiro atoms. The average Bonchev–Trinajstić information content (AvgIpc) is 3.09. The molecule has 2 heterocycles. The van der Waals surface area contributed by atoms with Gasteiger partial charge in [-0.1, -0.05) is 18.2 Å². The molecule has 6 nitrogen and oxygen atoms in total. The zero-order valence-corrected chi connectivity index (χ0v) is 15.4. The SMILES string of the molecule is CCOC(=O)c1ccc(-n2ccn(Cc3cccc4ncccc34)c2=O)cc1. The molecule has 0 unspecified atom stereocenters. The van der Waals surface area contributed by atoms with Crippen molar-refractivity contribution in [1.82, 2.24) is 14.1 Å². The lowest BCUT2D eigenvalue weighted by molar-refractivity contribution is 0.0526. The third-order valence-electron chi connectivity index (χ3n) is 4.58. The van der Waals surface area contributed by atoms with Crippen LogP contribution in [0.25, 0.3) is 16.6 Å². The van der Waals surface area contributed by atoms with Gasteiger partial charge in [0.1, 0.15) is 0 Å². The van der Waals surface area contributed by atoms with Gasteiger partial charge in [-0.05, 0) is 48.9 Å². The quantitative estimate of drug-likeness (QED) is 0.503. The number of ether oxygens (including phenoxy) is 1. The second-order valence-corrected chi connectivity index (χ2v) is 6.33. The van der Waals surface area contributed by atoms with Crippen LogP contribution in [0.2, 0.25) is 0 Å². The molecule has 4 aromatic rings. The van der Waals surface area contributed by atoms with Gasteiger partial charge in [-0.15, -0.1) is 0 Å². The van der Waals surface area contributed by atoms with Crippen LogP contribution < -0.4 is 5.69 Å². The van der Waals surface area contributed by atoms with Crippen molar-refractivity contribution in [3.05, 3.63) is 94.8 Å². The summed E-state index contributed by atoms with van der Waals surface area (Å²) in [6.45, 7) is 2.54. The summed E-state index contributed by atoms with van der Waals surface area (Å²) in [6, 6.07) is 16.6. The standard InChI is InChI=1S/C22H19N3O3/c1-2-28-21(26)16-8-10-18(11-9-16)25-14-13-24(22(25)27)15-17-5-3-7-20-19(17)6-4-12-23-20/h3-14H,2,15H2,1H3. The van der Waals surface area contributed by atoms with E-state index < -0.39 is 0 Å². The van der Waals surface area contributed by atoms with E-state index in [4.69, 9.17) is 4.74 Å². The van der Waals surface area contributed by atoms with Crippen LogP contribution in [-0.2, 0) is 11.3 Å². The number of pyridine rings is 1. The van der Waals surface area contributed by atoms with Gasteiger partial charge in [-0.2, -0.15) is 0 Å². The van der Waals surface area contributed by atoms with Crippen molar-refractivity contribution < 1.29 is 9.53 Å². The molecule has 0 N–H and O–H groups in total. The van der Waals surface area contributed by atoms with E-state index in [-0.39, 0.29) is 11.7 Å². The van der Waals surface area contributed by atoms with Gasteiger partial charge in [0.25, 0.3) is 0 Å². The van der Waals surface area contributed by atoms with Crippen molar-refractivity contribution in [1.29, 1.82) is 0 Å². The molecule has 0 aliphatic carbocycles. The molecule has 0 radical (unpaired) electrons. The van der Waals surface area contributed by atoms with Crippen LogP contribution in [0.15, 0.2) is 78.0 Å². The van der Waals surface area contributed by atoms with E-state index in [1.165, 1.54) is 0 Å². The van der Waals surface area contributed by atoms with Crippen molar-refractivity contribution in [3.63, 3.8) is 0 Å². The van der Waals surface area contributed by atoms with E-state index in [1.807, 2.05) is 30.3 Å². The Hall–Kier alpha value is -3.67. The van der Waals surface area contributed by atoms with E-state index in [0.717, 1.165) is 16.5 Å². The molecular formula is C22H19N3O3. The van der Waals surface area contributed by atoms with Crippen LogP contribution in [0.1, 0.15) is 22.8 Å². The average molecular weight is 373 g/mol. The fourth-order valence-electron chi connectivity index (χ4n) is 3.19. The van der Waals surface area contributed by atoms with E-state index in [2.05, 4.69) is 4.98 Å². The van der Waals surface area contributed by atoms with E-state index in [1.54, 1.807) is 58.9 Å². The van der Waals surface area contributed by atoms with Gasteiger partial charge in [-0.3, -0.25) is 14.1 Å². The number of fused-ring (bicyclic) bond motifs is 1. The van der Waals surface area contributed by atoms with Crippen molar-refractivity contribution >= 4 is 16.9 Å². The third kappa shape index (κ3) is 3.32. The first kappa shape index (κ1) is 17.7. The van der Waals surface area contributed by atoms with Crippen molar-refractivity contribution in [3.8, 4) is 5.69 Å². The Morgan fingerprint density at radius 1 is 1.04 bits per heavy atom. The summed E-state index contributed by atoms with van der Waals surface area (Å²) >= 11 is 0. The van der Waals surface area contributed by atoms with Gasteiger partial charge in [0.15, 0.2) is 0 Å². The second-order valence-electron chi connectivity index (χ2n) is 6.33. The van der Waals surface area contributed by atoms with Gasteiger partial charge in [-0.25, -0.2) is 9.59 Å². The maximum Gasteiger partial charge on any atom is 0.338 e. The summed E-state index contributed by atoms with van der Waals surface area (Å²) in [7, 11) is 0. The van der Waals surface area contributed by atoms with E-state index in [9.17, 15) is 9.59 Å². The molecular weight excluding hydrogens is 354 g/mol. The molecule has 4 rings (SSSR count). The Kier molecular flexibility index (Phi) is 4.76. The third-order valence-corrected chi connectivity index (χ3v) is 4.58. The second kappa shape index (κ2) is 7.52. The summed E-state index contributed by atoms with van der Waals surface area (Å²) in [5, 5.41) is 1.03. The maximum absolute atomic E-state index is 12.8. The molecule has 140 valence electrons. The van der Waals surface area contributed by atoms with Crippen LogP contribution in [0.4, 0.5) is 0 Å². The van der Waals surface area contributed by atoms with Crippen LogP contribution in [-0.4, -0.2) is 26.7 Å². The van der Waals surface area contributed by atoms with Crippen molar-refractivity contribution in [2.75, 3.05) is 6.61 Å². The number of carbonyl (C=O) groups excluding carboxylic acids is 1. The fourth-order valence-corrected chi connectivity index (χ4v) is 3.19. The Morgan fingerprint density at radius 3 is 2.64 bits per heavy atom. The number of imidazole rings is 1. The normalized spacial score (nSPS) is 10.9. The van der Waals surface area contributed by atoms with Crippen molar-refractivity contribution in [2.45, 2.75) is 13.5 Å². The summed E-state index contributed by atoms with van der Waals surface area (Å²) in [5.74, 6) is -0.372. The molecule has 28 heavy (non-hydrogen) atoms. The Morgan fingerprint density at radius 2 is 1.86 bits per heavy atom. The minimum Gasteiger partial charge on any atom is -0.462 e. The molecule has 6 heteroatoms. The molecule has 0 amide bonds. The highest BCUT2D eigenvalue weighted by Crippen LogP contribution is 2.17. The fraction of sp³-hybridized carbons (Fsp3) is 0.136. The molecule has 2 aromatic heterocycles. The first-order chi connectivity index (χ1) is 13.7. The number of esters is 1. The predicted molar refractivity (Wildman–Crippen MR) is 107 cm³/mol. The maximum atomic E-state index is 12.8. The zero-order chi connectivity index (χ0) is 19.5. The zero-order valence-electron chi connectivity index (χ0n) is 15.4. The monoisotopic (exact) mass is 373 g/mol. The topological polar surface area (TPSA) is 66.1 Å². The molecule has 0 saturated carbocycles. The van der Waals surface area contributed by atoms with Gasteiger partial charge in [0.05, 0.1) is 29.9 Å². The highest BCUT2D eigenvalue weighted by Gasteiger charge is 2.10. The van der Waals surface area contributed by atoms with E-state index in [0.29, 0.717) is 24.4 Å². The van der Waals surface area contributed by atoms with Gasteiger partial charge < -0.3 is 4.74 Å². The lowest BCUT2D eigenvalue weighted by Gasteiger charge is -2.07. The Balaban J connectivity index is 1.63. The van der Waals surface area contributed by atoms with Crippen LogP contribution in [0.5, 0.6) is 0 Å². The molecule has 0 fully saturated rings. The van der Waals surface area contributed by atoms with E-state index >= 15 is 0 Å². The van der Waals surface area contributed by atoms with Crippen LogP contribution in [0, 0.1) is 0 Å². The smallest absolute Gasteiger partial charge is 0.338 e. The van der Waals surface area contributed by atoms with Crippen LogP contribution >= 0.6 is 0 Å². The molecule has 0 saturated heterocycles. The van der Waals surface area contributed by atoms with Crippen LogP contribution in [0.3, 0.4) is 0 Å². The minimum atomic E-state index is -0.372. The van der Waals surface area contributed by atoms with Crippen molar-refractivity contribution in [2.24, 2.45) is 0 Å². The molecule has 0 bridgehead atoms. The number of hydrogen-bond donors (Lipinski definition) is 0. The van der Waals surface area contributed by atoms with Gasteiger partial charge in [0.2, 0.25) is 0 Å². The minimum absolute atomic E-state index is 0.148. The summed E-state index contributed by atoms with van der Waals surface area (Å²) in [4.78, 5) is 29.0. The number of aromatic nitrogens is 3. The first-order valence-electron chi connectivity index (χ1n) is 9.05. The highest BCUT2D eigenvalue weighted by atomic mass is 16.5. The van der Waals surface area contributed by atoms with Gasteiger partial charge in [0, 0.05) is 24.0 Å². The number of hydrogen-bond acceptors (Lipinski definition) is 4. The summed E-state index contributed by atoms with van der Waals surface area (Å²) in [6.07, 6.45) is 5.25. The number of rotatable bonds is 5. The summed E-state index contributed by atoms with van der Waals surface area (Å²) < 4.78 is 8.19. The largest absolute Gasteiger partial charge is 0.462 e. The first-order valence-corrected chi connectivity index (χ1v) is 9.05. The molecule has 0 atom stereocenters. The number of carbonyl (C=O) groups is 1. The predicted octanol–water partition coefficient (Wildman–Crippen LogP) is 3.41. The molecule has 0 aliphatic rings. The lowest BCUT2D eigenvalue weighted by atomic mass is 10.1. The summed E-state index contributed by atoms with van der Waals surface area (Å²) in [5.41, 5.74) is 2.94. The lowest BCUT2D eigenvalue weighted by Crippen LogP contribution is -2.23. The Bertz CT molecular complexity index is 1180. The number of benzene rings is 2. The molecule has 2 aromatic carbocycles. The Labute approximate surface area is 161 Å².